The summed E-state index contributed by atoms with van der Waals surface area (Å²) < 4.78 is 7.10. The van der Waals surface area contributed by atoms with Crippen LogP contribution in [0.2, 0.25) is 0 Å². The zero-order chi connectivity index (χ0) is 16.4. The summed E-state index contributed by atoms with van der Waals surface area (Å²) >= 11 is 5.24. The predicted molar refractivity (Wildman–Crippen MR) is 88.2 cm³/mol. The number of phenolic OH excluding ortho intramolecular Hbond substituents is 1. The van der Waals surface area contributed by atoms with E-state index in [1.165, 1.54) is 7.11 Å². The summed E-state index contributed by atoms with van der Waals surface area (Å²) in [6, 6.07) is 5.37. The molecule has 3 rings (SSSR count). The minimum atomic E-state index is 0.0319. The van der Waals surface area contributed by atoms with Gasteiger partial charge >= 0.3 is 0 Å². The van der Waals surface area contributed by atoms with Crippen LogP contribution in [0.4, 0.5) is 0 Å². The van der Waals surface area contributed by atoms with Crippen LogP contribution >= 0.6 is 12.2 Å². The van der Waals surface area contributed by atoms with Crippen LogP contribution in [0.5, 0.6) is 11.5 Å². The number of phenols is 1. The van der Waals surface area contributed by atoms with E-state index in [2.05, 4.69) is 33.1 Å². The minimum absolute atomic E-state index is 0.0319. The highest BCUT2D eigenvalue weighted by molar-refractivity contribution is 7.71. The molecule has 2 unspecified atom stereocenters. The normalized spacial score (nSPS) is 21.1. The first-order chi connectivity index (χ1) is 11.1. The molecule has 23 heavy (non-hydrogen) atoms. The summed E-state index contributed by atoms with van der Waals surface area (Å²) in [7, 11) is 1.50. The van der Waals surface area contributed by atoms with E-state index in [0.29, 0.717) is 22.4 Å². The first-order valence-corrected chi connectivity index (χ1v) is 7.59. The van der Waals surface area contributed by atoms with Gasteiger partial charge in [-0.05, 0) is 49.3 Å². The maximum Gasteiger partial charge on any atom is 0.216 e. The Morgan fingerprint density at radius 1 is 1.48 bits per heavy atom. The first kappa shape index (κ1) is 15.7. The van der Waals surface area contributed by atoms with Gasteiger partial charge in [-0.1, -0.05) is 0 Å². The van der Waals surface area contributed by atoms with E-state index in [4.69, 9.17) is 17.0 Å². The molecule has 0 amide bonds. The molecule has 1 aliphatic heterocycles. The number of nitrogens with one attached hydrogen (secondary N) is 3. The van der Waals surface area contributed by atoms with Gasteiger partial charge in [-0.25, -0.2) is 5.43 Å². The summed E-state index contributed by atoms with van der Waals surface area (Å²) in [5, 5.41) is 21.0. The summed E-state index contributed by atoms with van der Waals surface area (Å²) in [6.07, 6.45) is 2.53. The van der Waals surface area contributed by atoms with E-state index in [-0.39, 0.29) is 11.8 Å². The highest BCUT2D eigenvalue weighted by atomic mass is 32.1. The molecule has 122 valence electrons. The van der Waals surface area contributed by atoms with E-state index in [0.717, 1.165) is 12.0 Å². The molecule has 1 fully saturated rings. The Balaban J connectivity index is 1.88. The molecule has 1 aromatic heterocycles. The molecular formula is C14H18N6O2S. The Kier molecular flexibility index (Phi) is 4.42. The molecule has 4 N–H and O–H groups in total. The molecule has 2 heterocycles. The number of hydrazine groups is 1. The highest BCUT2D eigenvalue weighted by Gasteiger charge is 2.26. The molecule has 0 bridgehead atoms. The Hall–Kier alpha value is -2.23. The maximum atomic E-state index is 9.62. The van der Waals surface area contributed by atoms with Crippen LogP contribution in [-0.2, 0) is 0 Å². The van der Waals surface area contributed by atoms with Crippen LogP contribution in [-0.4, -0.2) is 39.3 Å². The Morgan fingerprint density at radius 2 is 2.30 bits per heavy atom. The lowest BCUT2D eigenvalue weighted by molar-refractivity contribution is 0.373. The van der Waals surface area contributed by atoms with Gasteiger partial charge in [0, 0.05) is 6.04 Å². The molecule has 0 spiro atoms. The van der Waals surface area contributed by atoms with Gasteiger partial charge in [0.05, 0.1) is 19.4 Å². The van der Waals surface area contributed by atoms with Crippen LogP contribution in [0.3, 0.4) is 0 Å². The van der Waals surface area contributed by atoms with Crippen molar-refractivity contribution in [1.82, 2.24) is 25.7 Å². The number of methoxy groups -OCH3 is 1. The number of nitrogens with zero attached hydrogens (tertiary/aromatic N) is 3. The highest BCUT2D eigenvalue weighted by Crippen LogP contribution is 2.25. The van der Waals surface area contributed by atoms with Crippen LogP contribution in [0, 0.1) is 4.77 Å². The number of aromatic amines is 1. The summed E-state index contributed by atoms with van der Waals surface area (Å²) in [4.78, 5) is 0. The average Bonchev–Trinajstić information content (AvgIpc) is 3.12. The molecule has 0 radical (unpaired) electrons. The molecular weight excluding hydrogens is 316 g/mol. The molecule has 1 aromatic carbocycles. The van der Waals surface area contributed by atoms with Crippen molar-refractivity contribution in [2.45, 2.75) is 25.4 Å². The SMILES string of the molecule is COc1cc(/C=N/n2c(C3CC(C)NN3)n[nH]c2=S)ccc1O. The second-order valence-electron chi connectivity index (χ2n) is 5.35. The fraction of sp³-hybridized carbons (Fsp3) is 0.357. The van der Waals surface area contributed by atoms with Crippen LogP contribution in [0.1, 0.15) is 30.8 Å². The second-order valence-corrected chi connectivity index (χ2v) is 5.74. The number of rotatable bonds is 4. The van der Waals surface area contributed by atoms with Crippen molar-refractivity contribution in [3.05, 3.63) is 34.4 Å². The smallest absolute Gasteiger partial charge is 0.216 e. The number of hydrogen-bond acceptors (Lipinski definition) is 7. The number of aromatic hydroxyl groups is 1. The lowest BCUT2D eigenvalue weighted by Crippen LogP contribution is -2.29. The number of H-pyrrole nitrogens is 1. The maximum absolute atomic E-state index is 9.62. The van der Waals surface area contributed by atoms with E-state index in [9.17, 15) is 5.11 Å². The third-order valence-electron chi connectivity index (χ3n) is 3.61. The van der Waals surface area contributed by atoms with Crippen molar-refractivity contribution >= 4 is 18.4 Å². The topological polar surface area (TPSA) is 99.5 Å². The largest absolute Gasteiger partial charge is 0.504 e. The molecule has 8 nitrogen and oxygen atoms in total. The van der Waals surface area contributed by atoms with E-state index in [1.807, 2.05) is 0 Å². The Bertz CT molecular complexity index is 784. The van der Waals surface area contributed by atoms with Crippen molar-refractivity contribution in [3.63, 3.8) is 0 Å². The third-order valence-corrected chi connectivity index (χ3v) is 3.87. The van der Waals surface area contributed by atoms with Crippen molar-refractivity contribution in [1.29, 1.82) is 0 Å². The van der Waals surface area contributed by atoms with Gasteiger partial charge in [-0.3, -0.25) is 10.5 Å². The van der Waals surface area contributed by atoms with Crippen LogP contribution in [0.25, 0.3) is 0 Å². The number of aromatic nitrogens is 3. The summed E-state index contributed by atoms with van der Waals surface area (Å²) in [5.74, 6) is 1.19. The molecule has 0 aliphatic carbocycles. The lowest BCUT2D eigenvalue weighted by atomic mass is 10.1. The molecule has 1 aliphatic rings. The van der Waals surface area contributed by atoms with Gasteiger partial charge in [0.15, 0.2) is 17.3 Å². The summed E-state index contributed by atoms with van der Waals surface area (Å²) in [6.45, 7) is 2.09. The summed E-state index contributed by atoms with van der Waals surface area (Å²) in [5.41, 5.74) is 7.10. The quantitative estimate of drug-likeness (QED) is 0.499. The van der Waals surface area contributed by atoms with Gasteiger partial charge in [0.1, 0.15) is 0 Å². The Labute approximate surface area is 138 Å². The number of benzene rings is 1. The predicted octanol–water partition coefficient (Wildman–Crippen LogP) is 1.46. The second kappa shape index (κ2) is 6.49. The number of hydrogen-bond donors (Lipinski definition) is 4. The zero-order valence-electron chi connectivity index (χ0n) is 12.8. The van der Waals surface area contributed by atoms with Crippen molar-refractivity contribution in [3.8, 4) is 11.5 Å². The van der Waals surface area contributed by atoms with Gasteiger partial charge in [0.2, 0.25) is 4.77 Å². The Morgan fingerprint density at radius 3 is 3.00 bits per heavy atom. The van der Waals surface area contributed by atoms with Gasteiger partial charge in [-0.2, -0.15) is 14.9 Å². The number of ether oxygens (including phenoxy) is 1. The van der Waals surface area contributed by atoms with Crippen LogP contribution in [0.15, 0.2) is 23.3 Å². The molecule has 1 saturated heterocycles. The van der Waals surface area contributed by atoms with E-state index in [1.54, 1.807) is 29.1 Å². The van der Waals surface area contributed by atoms with Crippen molar-refractivity contribution in [2.24, 2.45) is 5.10 Å². The fourth-order valence-corrected chi connectivity index (χ4v) is 2.61. The lowest BCUT2D eigenvalue weighted by Gasteiger charge is -2.07. The molecule has 2 aromatic rings. The van der Waals surface area contributed by atoms with E-state index >= 15 is 0 Å². The van der Waals surface area contributed by atoms with Crippen molar-refractivity contribution in [2.75, 3.05) is 7.11 Å². The molecule has 0 saturated carbocycles. The zero-order valence-corrected chi connectivity index (χ0v) is 13.6. The van der Waals surface area contributed by atoms with Gasteiger partial charge in [0.25, 0.3) is 0 Å². The standard InChI is InChI=1S/C14H18N6O2S/c1-8-5-10(17-16-8)13-18-19-14(23)20(13)15-7-9-3-4-11(21)12(6-9)22-2/h3-4,6-8,10,16-17,21H,5H2,1-2H3,(H,19,23)/b15-7+. The third kappa shape index (κ3) is 3.26. The monoisotopic (exact) mass is 334 g/mol. The minimum Gasteiger partial charge on any atom is -0.504 e. The van der Waals surface area contributed by atoms with Gasteiger partial charge < -0.3 is 9.84 Å². The molecule has 9 heteroatoms. The average molecular weight is 334 g/mol. The fourth-order valence-electron chi connectivity index (χ4n) is 2.42. The van der Waals surface area contributed by atoms with Crippen molar-refractivity contribution < 1.29 is 9.84 Å². The van der Waals surface area contributed by atoms with E-state index < -0.39 is 0 Å². The van der Waals surface area contributed by atoms with Crippen LogP contribution < -0.4 is 15.6 Å². The first-order valence-electron chi connectivity index (χ1n) is 7.18. The van der Waals surface area contributed by atoms with Gasteiger partial charge in [-0.15, -0.1) is 0 Å². The molecule has 2 atom stereocenters.